The molecule has 1 N–H and O–H groups in total. The van der Waals surface area contributed by atoms with E-state index in [2.05, 4.69) is 14.7 Å². The highest BCUT2D eigenvalue weighted by Crippen LogP contribution is 2.42. The molecular formula is C12H15F3N2O5S. The van der Waals surface area contributed by atoms with Crippen molar-refractivity contribution in [2.24, 2.45) is 0 Å². The Kier molecular flexibility index (Phi) is 6.05. The Hall–Kier alpha value is -1.75. The number of hydrogen-bond acceptors (Lipinski definition) is 7. The molecule has 11 heteroatoms. The van der Waals surface area contributed by atoms with E-state index in [4.69, 9.17) is 9.47 Å². The summed E-state index contributed by atoms with van der Waals surface area (Å²) >= 11 is 0.288. The standard InChI is InChI=1S/C12H15F3N2O5S/c1-11(22-4,12(13,14)15)8(9(18)19)23-10-16-6(20-2)5-7(17-10)21-3/h5,8H,1-4H3,(H,18,19). The SMILES string of the molecule is COc1cc(OC)nc(SC(C(=O)O)C(C)(OC)C(F)(F)F)n1. The van der Waals surface area contributed by atoms with Gasteiger partial charge in [0.2, 0.25) is 11.8 Å². The lowest BCUT2D eigenvalue weighted by Crippen LogP contribution is -2.55. The molecule has 1 aromatic rings. The molecule has 0 fully saturated rings. The van der Waals surface area contributed by atoms with E-state index in [0.717, 1.165) is 7.11 Å². The number of carboxylic acid groups (broad SMARTS) is 1. The number of aromatic nitrogens is 2. The molecule has 0 aliphatic heterocycles. The summed E-state index contributed by atoms with van der Waals surface area (Å²) in [6, 6.07) is 1.30. The zero-order chi connectivity index (χ0) is 17.8. The highest BCUT2D eigenvalue weighted by atomic mass is 32.2. The molecule has 0 aliphatic carbocycles. The molecule has 0 amide bonds. The van der Waals surface area contributed by atoms with E-state index in [1.165, 1.54) is 20.3 Å². The number of hydrogen-bond donors (Lipinski definition) is 1. The lowest BCUT2D eigenvalue weighted by Gasteiger charge is -2.34. The fourth-order valence-corrected chi connectivity index (χ4v) is 2.57. The number of alkyl halides is 3. The lowest BCUT2D eigenvalue weighted by molar-refractivity contribution is -0.262. The predicted molar refractivity (Wildman–Crippen MR) is 73.9 cm³/mol. The second-order valence-electron chi connectivity index (χ2n) is 4.38. The van der Waals surface area contributed by atoms with Gasteiger partial charge in [0.15, 0.2) is 10.8 Å². The van der Waals surface area contributed by atoms with Gasteiger partial charge in [-0.1, -0.05) is 11.8 Å². The number of aliphatic carboxylic acids is 1. The van der Waals surface area contributed by atoms with Crippen molar-refractivity contribution in [3.05, 3.63) is 6.07 Å². The number of nitrogens with zero attached hydrogens (tertiary/aromatic N) is 2. The molecule has 0 radical (unpaired) electrons. The van der Waals surface area contributed by atoms with Crippen LogP contribution in [0, 0.1) is 0 Å². The normalized spacial score (nSPS) is 15.6. The number of halogens is 3. The van der Waals surface area contributed by atoms with E-state index < -0.39 is 23.0 Å². The van der Waals surface area contributed by atoms with E-state index in [-0.39, 0.29) is 28.7 Å². The van der Waals surface area contributed by atoms with Crippen LogP contribution in [0.5, 0.6) is 11.8 Å². The minimum Gasteiger partial charge on any atom is -0.481 e. The maximum absolute atomic E-state index is 13.2. The first kappa shape index (κ1) is 19.3. The van der Waals surface area contributed by atoms with E-state index >= 15 is 0 Å². The minimum atomic E-state index is -4.92. The maximum atomic E-state index is 13.2. The second kappa shape index (κ2) is 7.21. The lowest BCUT2D eigenvalue weighted by atomic mass is 10.0. The van der Waals surface area contributed by atoms with Crippen molar-refractivity contribution in [2.75, 3.05) is 21.3 Å². The second-order valence-corrected chi connectivity index (χ2v) is 5.45. The average molecular weight is 356 g/mol. The number of carbonyl (C=O) groups is 1. The summed E-state index contributed by atoms with van der Waals surface area (Å²) in [5.74, 6) is -1.67. The van der Waals surface area contributed by atoms with E-state index in [1.807, 2.05) is 0 Å². The summed E-state index contributed by atoms with van der Waals surface area (Å²) in [5.41, 5.74) is -2.94. The molecule has 0 aromatic carbocycles. The zero-order valence-corrected chi connectivity index (χ0v) is 13.5. The van der Waals surface area contributed by atoms with E-state index in [1.54, 1.807) is 0 Å². The van der Waals surface area contributed by atoms with Crippen molar-refractivity contribution in [1.29, 1.82) is 0 Å². The fraction of sp³-hybridized carbons (Fsp3) is 0.583. The van der Waals surface area contributed by atoms with Gasteiger partial charge in [0.05, 0.1) is 20.3 Å². The third-order valence-electron chi connectivity index (χ3n) is 3.01. The monoisotopic (exact) mass is 356 g/mol. The highest BCUT2D eigenvalue weighted by Gasteiger charge is 2.60. The minimum absolute atomic E-state index is 0.0228. The van der Waals surface area contributed by atoms with Gasteiger partial charge in [0.1, 0.15) is 5.25 Å². The third kappa shape index (κ3) is 4.16. The Bertz CT molecular complexity index is 550. The Labute approximate surface area is 134 Å². The fourth-order valence-electron chi connectivity index (χ4n) is 1.52. The van der Waals surface area contributed by atoms with Crippen molar-refractivity contribution in [2.45, 2.75) is 29.1 Å². The van der Waals surface area contributed by atoms with Crippen molar-refractivity contribution in [1.82, 2.24) is 9.97 Å². The van der Waals surface area contributed by atoms with Gasteiger partial charge in [-0.15, -0.1) is 0 Å². The number of carboxylic acids is 1. The molecule has 130 valence electrons. The smallest absolute Gasteiger partial charge is 0.418 e. The average Bonchev–Trinajstić information content (AvgIpc) is 2.49. The molecule has 7 nitrogen and oxygen atoms in total. The van der Waals surface area contributed by atoms with Gasteiger partial charge in [-0.05, 0) is 6.92 Å². The van der Waals surface area contributed by atoms with Crippen LogP contribution >= 0.6 is 11.8 Å². The first-order valence-electron chi connectivity index (χ1n) is 6.07. The highest BCUT2D eigenvalue weighted by molar-refractivity contribution is 8.00. The van der Waals surface area contributed by atoms with E-state index in [9.17, 15) is 23.1 Å². The predicted octanol–water partition coefficient (Wildman–Crippen LogP) is 2.01. The third-order valence-corrected chi connectivity index (χ3v) is 4.29. The van der Waals surface area contributed by atoms with Gasteiger partial charge in [-0.3, -0.25) is 4.79 Å². The van der Waals surface area contributed by atoms with Crippen molar-refractivity contribution < 1.29 is 37.3 Å². The van der Waals surface area contributed by atoms with Crippen LogP contribution in [0.3, 0.4) is 0 Å². The van der Waals surface area contributed by atoms with Crippen molar-refractivity contribution in [3.63, 3.8) is 0 Å². The summed E-state index contributed by atoms with van der Waals surface area (Å²) in [7, 11) is 3.37. The molecule has 2 atom stereocenters. The molecule has 0 spiro atoms. The van der Waals surface area contributed by atoms with Crippen LogP contribution in [0.1, 0.15) is 6.92 Å². The number of rotatable bonds is 7. The first-order valence-corrected chi connectivity index (χ1v) is 6.95. The molecule has 2 unspecified atom stereocenters. The number of ether oxygens (including phenoxy) is 3. The quantitative estimate of drug-likeness (QED) is 0.586. The molecule has 1 rings (SSSR count). The molecule has 0 aliphatic rings. The first-order chi connectivity index (χ1) is 10.6. The largest absolute Gasteiger partial charge is 0.481 e. The molecule has 0 bridgehead atoms. The van der Waals surface area contributed by atoms with Gasteiger partial charge in [-0.2, -0.15) is 23.1 Å². The van der Waals surface area contributed by atoms with Crippen LogP contribution in [0.15, 0.2) is 11.2 Å². The topological polar surface area (TPSA) is 90.8 Å². The van der Waals surface area contributed by atoms with Crippen LogP contribution in [0.2, 0.25) is 0 Å². The van der Waals surface area contributed by atoms with Crippen LogP contribution in [0.4, 0.5) is 13.2 Å². The Morgan fingerprint density at radius 1 is 1.22 bits per heavy atom. The van der Waals surface area contributed by atoms with Crippen molar-refractivity contribution in [3.8, 4) is 11.8 Å². The Balaban J connectivity index is 3.27. The zero-order valence-electron chi connectivity index (χ0n) is 12.7. The Morgan fingerprint density at radius 2 is 1.70 bits per heavy atom. The summed E-state index contributed by atoms with van der Waals surface area (Å²) in [6.07, 6.45) is -4.92. The van der Waals surface area contributed by atoms with E-state index in [0.29, 0.717) is 6.92 Å². The summed E-state index contributed by atoms with van der Waals surface area (Å²) in [4.78, 5) is 19.0. The molecule has 1 aromatic heterocycles. The molecular weight excluding hydrogens is 341 g/mol. The van der Waals surface area contributed by atoms with Gasteiger partial charge in [0.25, 0.3) is 0 Å². The molecule has 1 heterocycles. The molecule has 0 saturated heterocycles. The van der Waals surface area contributed by atoms with Crippen LogP contribution in [-0.4, -0.2) is 59.4 Å². The summed E-state index contributed by atoms with van der Waals surface area (Å²) in [6.45, 7) is 0.649. The maximum Gasteiger partial charge on any atom is 0.418 e. The summed E-state index contributed by atoms with van der Waals surface area (Å²) < 4.78 is 53.9. The number of methoxy groups -OCH3 is 3. The molecule has 0 saturated carbocycles. The Morgan fingerprint density at radius 3 is 2.00 bits per heavy atom. The van der Waals surface area contributed by atoms with Gasteiger partial charge >= 0.3 is 12.1 Å². The van der Waals surface area contributed by atoms with Crippen LogP contribution < -0.4 is 9.47 Å². The number of thioether (sulfide) groups is 1. The van der Waals surface area contributed by atoms with Crippen LogP contribution in [-0.2, 0) is 9.53 Å². The van der Waals surface area contributed by atoms with Crippen molar-refractivity contribution >= 4 is 17.7 Å². The van der Waals surface area contributed by atoms with Gasteiger partial charge in [0, 0.05) is 7.11 Å². The van der Waals surface area contributed by atoms with Gasteiger partial charge in [-0.25, -0.2) is 0 Å². The van der Waals surface area contributed by atoms with Crippen LogP contribution in [0.25, 0.3) is 0 Å². The molecule has 23 heavy (non-hydrogen) atoms. The van der Waals surface area contributed by atoms with Gasteiger partial charge < -0.3 is 19.3 Å². The summed E-state index contributed by atoms with van der Waals surface area (Å²) in [5, 5.41) is 6.91.